The summed E-state index contributed by atoms with van der Waals surface area (Å²) in [7, 11) is 0. The molecular weight excluding hydrogens is 258 g/mol. The molecule has 2 heterocycles. The van der Waals surface area contributed by atoms with Crippen LogP contribution < -0.4 is 5.32 Å². The second-order valence-electron chi connectivity index (χ2n) is 5.13. The van der Waals surface area contributed by atoms with Gasteiger partial charge in [0, 0.05) is 17.1 Å². The Hall–Kier alpha value is -1.32. The third kappa shape index (κ3) is 2.99. The standard InChI is InChI=1S/C15H18ClN3/c16-14-3-1-2-13(8-14)15-10-18-11-19(15)7-5-12-4-6-17-9-12/h1-3,8,10-12,17H,4-7,9H2. The monoisotopic (exact) mass is 275 g/mol. The van der Waals surface area contributed by atoms with Crippen molar-refractivity contribution in [3.05, 3.63) is 41.8 Å². The number of hydrogen-bond donors (Lipinski definition) is 1. The Balaban J connectivity index is 1.74. The van der Waals surface area contributed by atoms with Crippen molar-refractivity contribution in [3.8, 4) is 11.3 Å². The van der Waals surface area contributed by atoms with Crippen LogP contribution in [0, 0.1) is 5.92 Å². The fourth-order valence-corrected chi connectivity index (χ4v) is 2.86. The van der Waals surface area contributed by atoms with Gasteiger partial charge < -0.3 is 9.88 Å². The molecule has 0 radical (unpaired) electrons. The van der Waals surface area contributed by atoms with Crippen LogP contribution in [0.2, 0.25) is 5.02 Å². The molecule has 3 rings (SSSR count). The van der Waals surface area contributed by atoms with Gasteiger partial charge in [-0.05, 0) is 44.0 Å². The second kappa shape index (κ2) is 5.76. The Kier molecular flexibility index (Phi) is 3.85. The molecule has 100 valence electrons. The van der Waals surface area contributed by atoms with E-state index in [-0.39, 0.29) is 0 Å². The van der Waals surface area contributed by atoms with Gasteiger partial charge in [0.2, 0.25) is 0 Å². The van der Waals surface area contributed by atoms with Crippen LogP contribution in [0.3, 0.4) is 0 Å². The molecule has 1 fully saturated rings. The zero-order valence-electron chi connectivity index (χ0n) is 10.8. The van der Waals surface area contributed by atoms with E-state index in [0.717, 1.165) is 41.8 Å². The maximum atomic E-state index is 6.06. The number of nitrogens with zero attached hydrogens (tertiary/aromatic N) is 2. The highest BCUT2D eigenvalue weighted by Gasteiger charge is 2.15. The lowest BCUT2D eigenvalue weighted by molar-refractivity contribution is 0.481. The van der Waals surface area contributed by atoms with Crippen molar-refractivity contribution in [2.45, 2.75) is 19.4 Å². The van der Waals surface area contributed by atoms with Gasteiger partial charge in [-0.15, -0.1) is 0 Å². The van der Waals surface area contributed by atoms with Gasteiger partial charge >= 0.3 is 0 Å². The molecule has 0 saturated carbocycles. The van der Waals surface area contributed by atoms with E-state index in [2.05, 4.69) is 20.9 Å². The molecule has 19 heavy (non-hydrogen) atoms. The number of nitrogens with one attached hydrogen (secondary N) is 1. The molecule has 2 aromatic rings. The summed E-state index contributed by atoms with van der Waals surface area (Å²) in [6.45, 7) is 3.34. The molecule has 3 nitrogen and oxygen atoms in total. The Morgan fingerprint density at radius 2 is 2.37 bits per heavy atom. The third-order valence-corrected chi connectivity index (χ3v) is 4.01. The average molecular weight is 276 g/mol. The van der Waals surface area contributed by atoms with Crippen LogP contribution in [0.15, 0.2) is 36.8 Å². The minimum Gasteiger partial charge on any atom is -0.331 e. The van der Waals surface area contributed by atoms with E-state index in [1.165, 1.54) is 12.8 Å². The van der Waals surface area contributed by atoms with E-state index >= 15 is 0 Å². The molecule has 0 amide bonds. The molecule has 1 aromatic heterocycles. The molecule has 0 spiro atoms. The third-order valence-electron chi connectivity index (χ3n) is 3.77. The molecule has 4 heteroatoms. The molecule has 0 aliphatic carbocycles. The topological polar surface area (TPSA) is 29.9 Å². The summed E-state index contributed by atoms with van der Waals surface area (Å²) in [6, 6.07) is 7.95. The molecule has 0 bridgehead atoms. The van der Waals surface area contributed by atoms with Gasteiger partial charge in [-0.1, -0.05) is 23.7 Å². The van der Waals surface area contributed by atoms with Crippen molar-refractivity contribution < 1.29 is 0 Å². The van der Waals surface area contributed by atoms with Gasteiger partial charge in [0.1, 0.15) is 0 Å². The van der Waals surface area contributed by atoms with Gasteiger partial charge in [-0.3, -0.25) is 0 Å². The van der Waals surface area contributed by atoms with E-state index in [1.54, 1.807) is 0 Å². The number of aromatic nitrogens is 2. The van der Waals surface area contributed by atoms with Gasteiger partial charge in [-0.2, -0.15) is 0 Å². The Labute approximate surface area is 118 Å². The second-order valence-corrected chi connectivity index (χ2v) is 5.57. The number of rotatable bonds is 4. The van der Waals surface area contributed by atoms with Gasteiger partial charge in [0.15, 0.2) is 0 Å². The number of aryl methyl sites for hydroxylation is 1. The summed E-state index contributed by atoms with van der Waals surface area (Å²) in [4.78, 5) is 4.28. The van der Waals surface area contributed by atoms with Crippen LogP contribution in [-0.4, -0.2) is 22.6 Å². The summed E-state index contributed by atoms with van der Waals surface area (Å²) < 4.78 is 2.23. The highest BCUT2D eigenvalue weighted by atomic mass is 35.5. The molecule has 1 aliphatic rings. The fourth-order valence-electron chi connectivity index (χ4n) is 2.67. The van der Waals surface area contributed by atoms with Crippen molar-refractivity contribution in [3.63, 3.8) is 0 Å². The fraction of sp³-hybridized carbons (Fsp3) is 0.400. The lowest BCUT2D eigenvalue weighted by Gasteiger charge is -2.11. The minimum absolute atomic E-state index is 0.769. The van der Waals surface area contributed by atoms with Gasteiger partial charge in [0.25, 0.3) is 0 Å². The number of imidazole rings is 1. The number of benzene rings is 1. The first-order chi connectivity index (χ1) is 9.33. The Morgan fingerprint density at radius 3 is 3.16 bits per heavy atom. The van der Waals surface area contributed by atoms with Crippen LogP contribution in [0.25, 0.3) is 11.3 Å². The summed E-state index contributed by atoms with van der Waals surface area (Å²) in [5, 5.41) is 4.18. The maximum Gasteiger partial charge on any atom is 0.0950 e. The first kappa shape index (κ1) is 12.7. The Morgan fingerprint density at radius 1 is 1.42 bits per heavy atom. The number of hydrogen-bond acceptors (Lipinski definition) is 2. The van der Waals surface area contributed by atoms with Crippen LogP contribution in [-0.2, 0) is 6.54 Å². The molecule has 1 saturated heterocycles. The normalized spacial score (nSPS) is 18.9. The minimum atomic E-state index is 0.769. The SMILES string of the molecule is Clc1cccc(-c2cncn2CCC2CCNC2)c1. The van der Waals surface area contributed by atoms with Crippen LogP contribution in [0.4, 0.5) is 0 Å². The van der Waals surface area contributed by atoms with Crippen LogP contribution in [0.1, 0.15) is 12.8 Å². The van der Waals surface area contributed by atoms with Gasteiger partial charge in [-0.25, -0.2) is 4.98 Å². The molecule has 1 atom stereocenters. The van der Waals surface area contributed by atoms with E-state index in [1.807, 2.05) is 30.7 Å². The van der Waals surface area contributed by atoms with E-state index < -0.39 is 0 Å². The Bertz CT molecular complexity index is 544. The maximum absolute atomic E-state index is 6.06. The summed E-state index contributed by atoms with van der Waals surface area (Å²) in [6.07, 6.45) is 6.33. The van der Waals surface area contributed by atoms with E-state index in [9.17, 15) is 0 Å². The van der Waals surface area contributed by atoms with E-state index in [0.29, 0.717) is 0 Å². The predicted molar refractivity (Wildman–Crippen MR) is 78.3 cm³/mol. The van der Waals surface area contributed by atoms with Crippen molar-refractivity contribution in [2.24, 2.45) is 5.92 Å². The first-order valence-corrected chi connectivity index (χ1v) is 7.17. The van der Waals surface area contributed by atoms with Crippen molar-refractivity contribution in [1.29, 1.82) is 0 Å². The highest BCUT2D eigenvalue weighted by Crippen LogP contribution is 2.23. The highest BCUT2D eigenvalue weighted by molar-refractivity contribution is 6.30. The van der Waals surface area contributed by atoms with Crippen molar-refractivity contribution in [1.82, 2.24) is 14.9 Å². The van der Waals surface area contributed by atoms with E-state index in [4.69, 9.17) is 11.6 Å². The molecule has 1 N–H and O–H groups in total. The zero-order chi connectivity index (χ0) is 13.1. The quantitative estimate of drug-likeness (QED) is 0.929. The van der Waals surface area contributed by atoms with Crippen LogP contribution >= 0.6 is 11.6 Å². The molecule has 1 aliphatic heterocycles. The molecule has 1 unspecified atom stereocenters. The van der Waals surface area contributed by atoms with Crippen molar-refractivity contribution in [2.75, 3.05) is 13.1 Å². The lowest BCUT2D eigenvalue weighted by Crippen LogP contribution is -2.11. The smallest absolute Gasteiger partial charge is 0.0950 e. The number of halogens is 1. The van der Waals surface area contributed by atoms with Crippen LogP contribution in [0.5, 0.6) is 0 Å². The zero-order valence-corrected chi connectivity index (χ0v) is 11.6. The molecule has 1 aromatic carbocycles. The summed E-state index contributed by atoms with van der Waals surface area (Å²) in [5.41, 5.74) is 2.28. The van der Waals surface area contributed by atoms with Crippen molar-refractivity contribution >= 4 is 11.6 Å². The predicted octanol–water partition coefficient (Wildman–Crippen LogP) is 3.20. The summed E-state index contributed by atoms with van der Waals surface area (Å²) >= 11 is 6.06. The average Bonchev–Trinajstić information content (AvgIpc) is 3.08. The lowest BCUT2D eigenvalue weighted by atomic mass is 10.1. The van der Waals surface area contributed by atoms with Gasteiger partial charge in [0.05, 0.1) is 18.2 Å². The first-order valence-electron chi connectivity index (χ1n) is 6.80. The largest absolute Gasteiger partial charge is 0.331 e. The molecular formula is C15H18ClN3. The summed E-state index contributed by atoms with van der Waals surface area (Å²) in [5.74, 6) is 0.801.